The summed E-state index contributed by atoms with van der Waals surface area (Å²) in [5.41, 5.74) is 3.41. The lowest BCUT2D eigenvalue weighted by Gasteiger charge is -2.37. The Balaban J connectivity index is 1.47. The summed E-state index contributed by atoms with van der Waals surface area (Å²) in [6.45, 7) is 0. The third-order valence-electron chi connectivity index (χ3n) is 6.23. The first-order valence-corrected chi connectivity index (χ1v) is 12.8. The van der Waals surface area contributed by atoms with Gasteiger partial charge in [0.2, 0.25) is 0 Å². The Hall–Kier alpha value is -2.67. The van der Waals surface area contributed by atoms with Crippen molar-refractivity contribution in [1.82, 2.24) is 0 Å². The van der Waals surface area contributed by atoms with Gasteiger partial charge in [0.1, 0.15) is 5.75 Å². The summed E-state index contributed by atoms with van der Waals surface area (Å²) in [5.74, 6) is 1.24. The molecule has 0 fully saturated rings. The van der Waals surface area contributed by atoms with E-state index in [0.717, 1.165) is 23.4 Å². The Bertz CT molecular complexity index is 1320. The fourth-order valence-corrected chi connectivity index (χ4v) is 6.31. The molecule has 0 unspecified atom stereocenters. The molecule has 8 heteroatoms. The number of hydrogen-bond acceptors (Lipinski definition) is 4. The largest absolute Gasteiger partial charge is 0.497 e. The van der Waals surface area contributed by atoms with Gasteiger partial charge >= 0.3 is 0 Å². The standard InChI is InChI=1S/C25H22Cl2N2O3S/c1-32-19-7-5-15(6-8-19)25-22-4-2-3-21(22)23-14-20(9-10-24(23)28-25)33(30,31)29-18-12-16(26)11-17(27)13-18/h2-3,5-14,21-22,25,28-29H,4H2,1H3/t21-,22+,25+/m0/s1. The van der Waals surface area contributed by atoms with Gasteiger partial charge in [0.25, 0.3) is 10.0 Å². The van der Waals surface area contributed by atoms with Crippen LogP contribution < -0.4 is 14.8 Å². The molecule has 1 heterocycles. The van der Waals surface area contributed by atoms with Crippen LogP contribution in [0.4, 0.5) is 11.4 Å². The van der Waals surface area contributed by atoms with Gasteiger partial charge in [-0.3, -0.25) is 4.72 Å². The maximum Gasteiger partial charge on any atom is 0.261 e. The van der Waals surface area contributed by atoms with Gasteiger partial charge in [-0.15, -0.1) is 0 Å². The highest BCUT2D eigenvalue weighted by molar-refractivity contribution is 7.92. The first-order valence-electron chi connectivity index (χ1n) is 10.5. The van der Waals surface area contributed by atoms with E-state index in [1.165, 1.54) is 17.7 Å². The molecular weight excluding hydrogens is 479 g/mol. The van der Waals surface area contributed by atoms with Crippen molar-refractivity contribution < 1.29 is 13.2 Å². The van der Waals surface area contributed by atoms with Crippen molar-refractivity contribution in [3.05, 3.63) is 94.0 Å². The Morgan fingerprint density at radius 2 is 1.73 bits per heavy atom. The molecule has 0 amide bonds. The number of hydrogen-bond donors (Lipinski definition) is 2. The predicted molar refractivity (Wildman–Crippen MR) is 133 cm³/mol. The summed E-state index contributed by atoms with van der Waals surface area (Å²) < 4.78 is 34.1. The molecule has 3 atom stereocenters. The summed E-state index contributed by atoms with van der Waals surface area (Å²) in [5, 5.41) is 4.35. The highest BCUT2D eigenvalue weighted by atomic mass is 35.5. The van der Waals surface area contributed by atoms with Crippen LogP contribution in [0.3, 0.4) is 0 Å². The summed E-state index contributed by atoms with van der Waals surface area (Å²) >= 11 is 12.0. The van der Waals surface area contributed by atoms with Crippen LogP contribution in [-0.4, -0.2) is 15.5 Å². The number of halogens is 2. The predicted octanol–water partition coefficient (Wildman–Crippen LogP) is 6.63. The van der Waals surface area contributed by atoms with Crippen molar-refractivity contribution in [2.75, 3.05) is 17.1 Å². The Labute approximate surface area is 203 Å². The van der Waals surface area contributed by atoms with E-state index in [2.05, 4.69) is 34.3 Å². The summed E-state index contributed by atoms with van der Waals surface area (Å²) in [6.07, 6.45) is 5.28. The van der Waals surface area contributed by atoms with Crippen LogP contribution in [0.1, 0.15) is 29.5 Å². The minimum atomic E-state index is -3.82. The monoisotopic (exact) mass is 500 g/mol. The van der Waals surface area contributed by atoms with E-state index >= 15 is 0 Å². The molecule has 0 saturated heterocycles. The van der Waals surface area contributed by atoms with Crippen LogP contribution >= 0.6 is 23.2 Å². The molecule has 5 nitrogen and oxygen atoms in total. The van der Waals surface area contributed by atoms with E-state index in [-0.39, 0.29) is 16.9 Å². The number of benzene rings is 3. The number of allylic oxidation sites excluding steroid dienone is 2. The lowest BCUT2D eigenvalue weighted by molar-refractivity contribution is 0.411. The zero-order valence-electron chi connectivity index (χ0n) is 17.8. The SMILES string of the molecule is COc1ccc([C@H]2Nc3ccc(S(=O)(=O)Nc4cc(Cl)cc(Cl)c4)cc3[C@H]3C=CC[C@H]32)cc1. The molecule has 0 radical (unpaired) electrons. The minimum Gasteiger partial charge on any atom is -0.497 e. The van der Waals surface area contributed by atoms with Crippen LogP contribution in [-0.2, 0) is 10.0 Å². The molecule has 3 aromatic carbocycles. The van der Waals surface area contributed by atoms with Gasteiger partial charge in [0.15, 0.2) is 0 Å². The first-order chi connectivity index (χ1) is 15.8. The normalized spacial score (nSPS) is 21.1. The molecular formula is C25H22Cl2N2O3S. The summed E-state index contributed by atoms with van der Waals surface area (Å²) in [6, 6.07) is 18.0. The molecule has 33 heavy (non-hydrogen) atoms. The van der Waals surface area contributed by atoms with Crippen LogP contribution in [0.25, 0.3) is 0 Å². The number of fused-ring (bicyclic) bond motifs is 3. The molecule has 3 aromatic rings. The van der Waals surface area contributed by atoms with Crippen LogP contribution in [0.15, 0.2) is 77.7 Å². The summed E-state index contributed by atoms with van der Waals surface area (Å²) in [7, 11) is -2.16. The van der Waals surface area contributed by atoms with Crippen LogP contribution in [0.5, 0.6) is 5.75 Å². The van der Waals surface area contributed by atoms with Gasteiger partial charge in [-0.05, 0) is 72.0 Å². The quantitative estimate of drug-likeness (QED) is 0.385. The zero-order valence-corrected chi connectivity index (χ0v) is 20.1. The van der Waals surface area contributed by atoms with E-state index in [0.29, 0.717) is 21.7 Å². The van der Waals surface area contributed by atoms with Gasteiger partial charge in [-0.2, -0.15) is 0 Å². The molecule has 2 N–H and O–H groups in total. The second-order valence-corrected chi connectivity index (χ2v) is 10.8. The van der Waals surface area contributed by atoms with Crippen molar-refractivity contribution in [2.45, 2.75) is 23.3 Å². The molecule has 2 aliphatic rings. The molecule has 1 aliphatic heterocycles. The van der Waals surface area contributed by atoms with Gasteiger partial charge < -0.3 is 10.1 Å². The van der Waals surface area contributed by atoms with E-state index in [4.69, 9.17) is 27.9 Å². The molecule has 0 saturated carbocycles. The highest BCUT2D eigenvalue weighted by Gasteiger charge is 2.38. The topological polar surface area (TPSA) is 67.4 Å². The lowest BCUT2D eigenvalue weighted by Crippen LogP contribution is -2.29. The van der Waals surface area contributed by atoms with Crippen LogP contribution in [0, 0.1) is 5.92 Å². The fourth-order valence-electron chi connectivity index (χ4n) is 4.71. The molecule has 0 spiro atoms. The van der Waals surface area contributed by atoms with Gasteiger partial charge in [-0.1, -0.05) is 47.5 Å². The van der Waals surface area contributed by atoms with Crippen molar-refractivity contribution in [3.63, 3.8) is 0 Å². The average molecular weight is 501 g/mol. The molecule has 1 aliphatic carbocycles. The van der Waals surface area contributed by atoms with Crippen molar-refractivity contribution in [1.29, 1.82) is 0 Å². The second kappa shape index (κ2) is 8.60. The highest BCUT2D eigenvalue weighted by Crippen LogP contribution is 2.50. The second-order valence-electron chi connectivity index (χ2n) is 8.26. The Kier molecular flexibility index (Phi) is 5.77. The fraction of sp³-hybridized carbons (Fsp3) is 0.200. The van der Waals surface area contributed by atoms with Crippen molar-refractivity contribution in [2.24, 2.45) is 5.92 Å². The van der Waals surface area contributed by atoms with Crippen molar-refractivity contribution in [3.8, 4) is 5.75 Å². The van der Waals surface area contributed by atoms with E-state index < -0.39 is 10.0 Å². The van der Waals surface area contributed by atoms with E-state index in [1.807, 2.05) is 18.2 Å². The molecule has 0 bridgehead atoms. The Morgan fingerprint density at radius 3 is 2.42 bits per heavy atom. The molecule has 5 rings (SSSR count). The number of rotatable bonds is 5. The smallest absolute Gasteiger partial charge is 0.261 e. The minimum absolute atomic E-state index is 0.123. The third-order valence-corrected chi connectivity index (χ3v) is 8.05. The van der Waals surface area contributed by atoms with Crippen molar-refractivity contribution >= 4 is 44.6 Å². The summed E-state index contributed by atoms with van der Waals surface area (Å²) in [4.78, 5) is 0.195. The first kappa shape index (κ1) is 22.1. The van der Waals surface area contributed by atoms with E-state index in [1.54, 1.807) is 25.3 Å². The number of ether oxygens (including phenoxy) is 1. The third kappa shape index (κ3) is 4.31. The molecule has 0 aromatic heterocycles. The number of sulfonamides is 1. The van der Waals surface area contributed by atoms with Gasteiger partial charge in [-0.25, -0.2) is 8.42 Å². The maximum atomic E-state index is 13.1. The van der Waals surface area contributed by atoms with Gasteiger partial charge in [0.05, 0.1) is 23.7 Å². The zero-order chi connectivity index (χ0) is 23.2. The average Bonchev–Trinajstić information content (AvgIpc) is 3.27. The molecule has 170 valence electrons. The number of nitrogens with one attached hydrogen (secondary N) is 2. The van der Waals surface area contributed by atoms with Crippen LogP contribution in [0.2, 0.25) is 10.0 Å². The number of anilines is 2. The number of methoxy groups -OCH3 is 1. The Morgan fingerprint density at radius 1 is 1.00 bits per heavy atom. The van der Waals surface area contributed by atoms with Gasteiger partial charge in [0, 0.05) is 21.7 Å². The maximum absolute atomic E-state index is 13.1. The lowest BCUT2D eigenvalue weighted by atomic mass is 9.77. The van der Waals surface area contributed by atoms with E-state index in [9.17, 15) is 8.42 Å².